The number of para-hydroxylation sites is 1. The first kappa shape index (κ1) is 18.2. The van der Waals surface area contributed by atoms with E-state index in [1.807, 2.05) is 67.5 Å². The Bertz CT molecular complexity index is 1120. The van der Waals surface area contributed by atoms with Crippen LogP contribution in [0.15, 0.2) is 53.7 Å². The van der Waals surface area contributed by atoms with Crippen LogP contribution in [0, 0.1) is 0 Å². The van der Waals surface area contributed by atoms with Crippen molar-refractivity contribution in [2.24, 2.45) is 0 Å². The van der Waals surface area contributed by atoms with Gasteiger partial charge in [0.05, 0.1) is 5.75 Å². The fourth-order valence-corrected chi connectivity index (χ4v) is 3.48. The first-order valence-electron chi connectivity index (χ1n) is 8.87. The Morgan fingerprint density at radius 3 is 2.68 bits per heavy atom. The van der Waals surface area contributed by atoms with E-state index in [2.05, 4.69) is 25.5 Å². The fraction of sp³-hybridized carbons (Fsp3) is 0.200. The first-order chi connectivity index (χ1) is 13.6. The largest absolute Gasteiger partial charge is 0.378 e. The molecule has 1 amide bonds. The number of carbonyl (C=O) groups excluding carboxylic acids is 1. The smallest absolute Gasteiger partial charge is 0.230 e. The molecule has 142 valence electrons. The third-order valence-corrected chi connectivity index (χ3v) is 5.21. The molecular formula is C20H20N6OS. The molecule has 0 atom stereocenters. The lowest BCUT2D eigenvalue weighted by molar-refractivity contribution is -0.118. The summed E-state index contributed by atoms with van der Waals surface area (Å²) in [5.74, 6) is 0.172. The molecule has 0 radical (unpaired) electrons. The highest BCUT2D eigenvalue weighted by Crippen LogP contribution is 2.23. The highest BCUT2D eigenvalue weighted by Gasteiger charge is 2.10. The van der Waals surface area contributed by atoms with Crippen LogP contribution in [0.3, 0.4) is 0 Å². The van der Waals surface area contributed by atoms with Crippen molar-refractivity contribution in [2.45, 2.75) is 11.7 Å². The van der Waals surface area contributed by atoms with E-state index < -0.39 is 0 Å². The molecule has 2 N–H and O–H groups in total. The molecular weight excluding hydrogens is 372 g/mol. The van der Waals surface area contributed by atoms with Crippen molar-refractivity contribution in [1.29, 1.82) is 0 Å². The maximum atomic E-state index is 12.1. The van der Waals surface area contributed by atoms with Gasteiger partial charge in [-0.2, -0.15) is 0 Å². The zero-order valence-electron chi connectivity index (χ0n) is 15.6. The fourth-order valence-electron chi connectivity index (χ4n) is 2.86. The number of aromatic amines is 1. The van der Waals surface area contributed by atoms with Crippen LogP contribution in [0.1, 0.15) is 5.56 Å². The van der Waals surface area contributed by atoms with Crippen LogP contribution in [0.2, 0.25) is 0 Å². The number of hydrogen-bond donors (Lipinski definition) is 2. The second-order valence-electron chi connectivity index (χ2n) is 6.59. The normalized spacial score (nSPS) is 11.1. The lowest BCUT2D eigenvalue weighted by Gasteiger charge is -2.12. The van der Waals surface area contributed by atoms with Crippen molar-refractivity contribution in [1.82, 2.24) is 25.5 Å². The van der Waals surface area contributed by atoms with Crippen LogP contribution < -0.4 is 10.2 Å². The lowest BCUT2D eigenvalue weighted by Crippen LogP contribution is -2.24. The zero-order chi connectivity index (χ0) is 19.5. The van der Waals surface area contributed by atoms with Crippen molar-refractivity contribution in [3.63, 3.8) is 0 Å². The molecule has 0 unspecified atom stereocenters. The van der Waals surface area contributed by atoms with E-state index in [9.17, 15) is 4.79 Å². The number of hydrogen-bond acceptors (Lipinski definition) is 6. The first-order valence-corrected chi connectivity index (χ1v) is 9.85. The van der Waals surface area contributed by atoms with Gasteiger partial charge in [0, 0.05) is 37.2 Å². The molecule has 2 aromatic carbocycles. The number of carbonyl (C=O) groups is 1. The van der Waals surface area contributed by atoms with E-state index in [0.29, 0.717) is 17.3 Å². The Morgan fingerprint density at radius 2 is 1.89 bits per heavy atom. The van der Waals surface area contributed by atoms with Crippen LogP contribution in [-0.2, 0) is 11.3 Å². The Hall–Kier alpha value is -3.13. The van der Waals surface area contributed by atoms with Crippen molar-refractivity contribution in [2.75, 3.05) is 24.7 Å². The molecule has 0 aliphatic heterocycles. The topological polar surface area (TPSA) is 86.8 Å². The third-order valence-electron chi connectivity index (χ3n) is 4.38. The Balaban J connectivity index is 1.34. The molecule has 0 bridgehead atoms. The molecule has 28 heavy (non-hydrogen) atoms. The van der Waals surface area contributed by atoms with Gasteiger partial charge in [0.25, 0.3) is 0 Å². The molecule has 4 aromatic rings. The molecule has 0 spiro atoms. The minimum absolute atomic E-state index is 0.0676. The van der Waals surface area contributed by atoms with Crippen molar-refractivity contribution >= 4 is 45.4 Å². The lowest BCUT2D eigenvalue weighted by atomic mass is 10.2. The van der Waals surface area contributed by atoms with Gasteiger partial charge in [0.15, 0.2) is 5.65 Å². The van der Waals surface area contributed by atoms with Crippen LogP contribution in [-0.4, -0.2) is 45.9 Å². The number of nitrogens with zero attached hydrogens (tertiary/aromatic N) is 4. The summed E-state index contributed by atoms with van der Waals surface area (Å²) in [5, 5.41) is 12.8. The molecule has 7 nitrogen and oxygen atoms in total. The maximum absolute atomic E-state index is 12.1. The number of benzene rings is 2. The van der Waals surface area contributed by atoms with Crippen LogP contribution in [0.25, 0.3) is 22.1 Å². The van der Waals surface area contributed by atoms with Crippen LogP contribution >= 0.6 is 11.8 Å². The number of fused-ring (bicyclic) bond motifs is 3. The van der Waals surface area contributed by atoms with Gasteiger partial charge < -0.3 is 15.2 Å². The summed E-state index contributed by atoms with van der Waals surface area (Å²) in [5.41, 5.74) is 4.58. The van der Waals surface area contributed by atoms with Gasteiger partial charge in [-0.1, -0.05) is 42.1 Å². The predicted octanol–water partition coefficient (Wildman–Crippen LogP) is 2.98. The number of anilines is 1. The zero-order valence-corrected chi connectivity index (χ0v) is 16.5. The monoisotopic (exact) mass is 392 g/mol. The minimum Gasteiger partial charge on any atom is -0.378 e. The Kier molecular flexibility index (Phi) is 5.12. The summed E-state index contributed by atoms with van der Waals surface area (Å²) < 4.78 is 0. The number of rotatable bonds is 6. The molecule has 2 heterocycles. The highest BCUT2D eigenvalue weighted by molar-refractivity contribution is 7.99. The van der Waals surface area contributed by atoms with E-state index in [0.717, 1.165) is 27.7 Å². The summed E-state index contributed by atoms with van der Waals surface area (Å²) in [6, 6.07) is 16.0. The molecule has 2 aromatic heterocycles. The summed E-state index contributed by atoms with van der Waals surface area (Å²) in [4.78, 5) is 21.9. The molecule has 0 aliphatic carbocycles. The van der Waals surface area contributed by atoms with Gasteiger partial charge in [0.2, 0.25) is 11.1 Å². The van der Waals surface area contributed by atoms with Gasteiger partial charge in [-0.3, -0.25) is 4.79 Å². The number of H-pyrrole nitrogens is 1. The summed E-state index contributed by atoms with van der Waals surface area (Å²) in [6.45, 7) is 0.493. The Labute approximate surface area is 166 Å². The molecule has 4 rings (SSSR count). The van der Waals surface area contributed by atoms with Crippen molar-refractivity contribution in [3.05, 3.63) is 54.1 Å². The van der Waals surface area contributed by atoms with E-state index in [4.69, 9.17) is 0 Å². The average molecular weight is 392 g/mol. The second kappa shape index (κ2) is 7.85. The van der Waals surface area contributed by atoms with Gasteiger partial charge in [-0.05, 0) is 23.8 Å². The van der Waals surface area contributed by atoms with Crippen molar-refractivity contribution in [3.8, 4) is 0 Å². The van der Waals surface area contributed by atoms with Gasteiger partial charge in [0.1, 0.15) is 5.52 Å². The molecule has 0 saturated carbocycles. The van der Waals surface area contributed by atoms with Crippen LogP contribution in [0.4, 0.5) is 5.69 Å². The maximum Gasteiger partial charge on any atom is 0.230 e. The molecule has 0 fully saturated rings. The summed E-state index contributed by atoms with van der Waals surface area (Å²) >= 11 is 1.27. The van der Waals surface area contributed by atoms with E-state index >= 15 is 0 Å². The minimum atomic E-state index is -0.0676. The van der Waals surface area contributed by atoms with E-state index in [1.165, 1.54) is 11.8 Å². The average Bonchev–Trinajstić information content (AvgIpc) is 3.08. The predicted molar refractivity (Wildman–Crippen MR) is 113 cm³/mol. The number of amides is 1. The molecule has 8 heteroatoms. The number of thioether (sulfide) groups is 1. The van der Waals surface area contributed by atoms with Crippen LogP contribution in [0.5, 0.6) is 0 Å². The molecule has 0 saturated heterocycles. The highest BCUT2D eigenvalue weighted by atomic mass is 32.2. The quantitative estimate of drug-likeness (QED) is 0.491. The second-order valence-corrected chi connectivity index (χ2v) is 7.53. The number of aromatic nitrogens is 4. The third kappa shape index (κ3) is 3.91. The SMILES string of the molecule is CN(C)c1ccc(CNC(=O)CSc2nnc3c(n2)[nH]c2ccccc23)cc1. The number of nitrogens with one attached hydrogen (secondary N) is 2. The van der Waals surface area contributed by atoms with E-state index in [1.54, 1.807) is 0 Å². The summed E-state index contributed by atoms with van der Waals surface area (Å²) in [7, 11) is 4.00. The van der Waals surface area contributed by atoms with Crippen molar-refractivity contribution < 1.29 is 4.79 Å². The van der Waals surface area contributed by atoms with Gasteiger partial charge in [-0.25, -0.2) is 4.98 Å². The van der Waals surface area contributed by atoms with Gasteiger partial charge >= 0.3 is 0 Å². The Morgan fingerprint density at radius 1 is 1.11 bits per heavy atom. The van der Waals surface area contributed by atoms with E-state index in [-0.39, 0.29) is 11.7 Å². The molecule has 0 aliphatic rings. The van der Waals surface area contributed by atoms with Gasteiger partial charge in [-0.15, -0.1) is 10.2 Å². The standard InChI is InChI=1S/C20H20N6OS/c1-26(2)14-9-7-13(8-10-14)11-21-17(27)12-28-20-23-19-18(24-25-20)15-5-3-4-6-16(15)22-19/h3-10H,11-12H2,1-2H3,(H,21,27)(H,22,23,25). The summed E-state index contributed by atoms with van der Waals surface area (Å²) in [6.07, 6.45) is 0.